The Kier molecular flexibility index (Phi) is 4.14. The quantitative estimate of drug-likeness (QED) is 0.760. The van der Waals surface area contributed by atoms with Crippen molar-refractivity contribution in [1.29, 1.82) is 0 Å². The van der Waals surface area contributed by atoms with E-state index in [-0.39, 0.29) is 5.75 Å². The van der Waals surface area contributed by atoms with Gasteiger partial charge in [0.05, 0.1) is 0 Å². The molecule has 0 aromatic heterocycles. The lowest BCUT2D eigenvalue weighted by molar-refractivity contribution is 0.308. The van der Waals surface area contributed by atoms with Gasteiger partial charge in [-0.15, -0.1) is 0 Å². The number of hydrogen-bond acceptors (Lipinski definition) is 1. The average Bonchev–Trinajstić information content (AvgIpc) is 2.52. The first-order valence-electron chi connectivity index (χ1n) is 8.10. The number of halogens is 1. The summed E-state index contributed by atoms with van der Waals surface area (Å²) in [5.74, 6) is 0.737. The summed E-state index contributed by atoms with van der Waals surface area (Å²) in [6, 6.07) is 9.20. The van der Waals surface area contributed by atoms with Gasteiger partial charge in [0.2, 0.25) is 0 Å². The predicted octanol–water partition coefficient (Wildman–Crippen LogP) is 5.76. The second kappa shape index (κ2) is 6.05. The molecule has 1 aliphatic carbocycles. The smallest absolute Gasteiger partial charge is 0.172 e. The van der Waals surface area contributed by atoms with E-state index in [1.165, 1.54) is 50.2 Å². The third-order valence-corrected chi connectivity index (χ3v) is 4.97. The number of phenols is 1. The monoisotopic (exact) mass is 286 g/mol. The number of phenolic OH excluding ortho intramolecular Hbond substituents is 1. The molecule has 0 amide bonds. The highest BCUT2D eigenvalue weighted by Crippen LogP contribution is 2.38. The zero-order valence-electron chi connectivity index (χ0n) is 12.6. The molecule has 21 heavy (non-hydrogen) atoms. The summed E-state index contributed by atoms with van der Waals surface area (Å²) < 4.78 is 13.9. The van der Waals surface area contributed by atoms with Crippen LogP contribution >= 0.6 is 0 Å². The molecule has 0 atom stereocenters. The number of benzene rings is 2. The van der Waals surface area contributed by atoms with Crippen LogP contribution in [0, 0.1) is 11.7 Å². The second-order valence-electron chi connectivity index (χ2n) is 6.39. The van der Waals surface area contributed by atoms with Crippen LogP contribution in [0.15, 0.2) is 30.3 Å². The molecule has 2 aromatic carbocycles. The molecule has 1 N–H and O–H groups in total. The van der Waals surface area contributed by atoms with E-state index in [0.29, 0.717) is 11.3 Å². The Bertz CT molecular complexity index is 627. The van der Waals surface area contributed by atoms with Gasteiger partial charge < -0.3 is 5.11 Å². The summed E-state index contributed by atoms with van der Waals surface area (Å²) in [5.41, 5.74) is 1.32. The van der Waals surface area contributed by atoms with E-state index in [1.54, 1.807) is 6.07 Å². The predicted molar refractivity (Wildman–Crippen MR) is 85.2 cm³/mol. The van der Waals surface area contributed by atoms with Crippen LogP contribution in [0.2, 0.25) is 0 Å². The van der Waals surface area contributed by atoms with Gasteiger partial charge in [-0.1, -0.05) is 44.0 Å². The maximum atomic E-state index is 13.9. The molecule has 0 aliphatic heterocycles. The molecule has 0 saturated heterocycles. The van der Waals surface area contributed by atoms with E-state index in [0.717, 1.165) is 11.3 Å². The number of hydrogen-bond donors (Lipinski definition) is 1. The van der Waals surface area contributed by atoms with Gasteiger partial charge in [0.25, 0.3) is 0 Å². The number of rotatable bonds is 3. The third kappa shape index (κ3) is 2.90. The standard InChI is InChI=1S/C19H23FO/c1-2-3-13-4-6-14(7-5-13)15-8-10-17-16(12-15)9-11-18(21)19(17)20/h8-14,21H,2-7H2,1H3/t13-,14-. The second-order valence-corrected chi connectivity index (χ2v) is 6.39. The van der Waals surface area contributed by atoms with Crippen molar-refractivity contribution in [1.82, 2.24) is 0 Å². The molecule has 0 heterocycles. The van der Waals surface area contributed by atoms with Gasteiger partial charge in [0.15, 0.2) is 11.6 Å². The van der Waals surface area contributed by atoms with Crippen molar-refractivity contribution in [3.05, 3.63) is 41.7 Å². The van der Waals surface area contributed by atoms with Gasteiger partial charge in [-0.05, 0) is 54.5 Å². The van der Waals surface area contributed by atoms with Crippen LogP contribution in [0.1, 0.15) is 56.9 Å². The zero-order valence-corrected chi connectivity index (χ0v) is 12.6. The average molecular weight is 286 g/mol. The third-order valence-electron chi connectivity index (χ3n) is 4.97. The topological polar surface area (TPSA) is 20.2 Å². The van der Waals surface area contributed by atoms with Crippen LogP contribution in [0.3, 0.4) is 0 Å². The SMILES string of the molecule is CCC[C@H]1CC[C@H](c2ccc3c(F)c(O)ccc3c2)CC1. The van der Waals surface area contributed by atoms with E-state index >= 15 is 0 Å². The van der Waals surface area contributed by atoms with Gasteiger partial charge in [0, 0.05) is 5.39 Å². The van der Waals surface area contributed by atoms with Crippen molar-refractivity contribution in [3.8, 4) is 5.75 Å². The Morgan fingerprint density at radius 1 is 1.10 bits per heavy atom. The zero-order chi connectivity index (χ0) is 14.8. The van der Waals surface area contributed by atoms with Gasteiger partial charge in [-0.25, -0.2) is 4.39 Å². The fourth-order valence-corrected chi connectivity index (χ4v) is 3.75. The van der Waals surface area contributed by atoms with E-state index in [2.05, 4.69) is 13.0 Å². The highest BCUT2D eigenvalue weighted by Gasteiger charge is 2.22. The van der Waals surface area contributed by atoms with Crippen LogP contribution in [0.5, 0.6) is 5.75 Å². The van der Waals surface area contributed by atoms with Crippen LogP contribution in [0.25, 0.3) is 10.8 Å². The van der Waals surface area contributed by atoms with Crippen molar-refractivity contribution >= 4 is 10.8 Å². The van der Waals surface area contributed by atoms with Crippen molar-refractivity contribution in [2.75, 3.05) is 0 Å². The molecule has 1 aliphatic rings. The minimum absolute atomic E-state index is 0.268. The maximum Gasteiger partial charge on any atom is 0.172 e. The van der Waals surface area contributed by atoms with Crippen LogP contribution in [-0.2, 0) is 0 Å². The lowest BCUT2D eigenvalue weighted by Gasteiger charge is -2.28. The van der Waals surface area contributed by atoms with Crippen molar-refractivity contribution in [2.24, 2.45) is 5.92 Å². The van der Waals surface area contributed by atoms with E-state index < -0.39 is 5.82 Å². The Labute approximate surface area is 125 Å². The molecular formula is C19H23FO. The van der Waals surface area contributed by atoms with Crippen molar-refractivity contribution in [2.45, 2.75) is 51.4 Å². The molecule has 0 unspecified atom stereocenters. The molecule has 0 spiro atoms. The van der Waals surface area contributed by atoms with Crippen molar-refractivity contribution < 1.29 is 9.50 Å². The normalized spacial score (nSPS) is 22.6. The summed E-state index contributed by atoms with van der Waals surface area (Å²) in [4.78, 5) is 0. The van der Waals surface area contributed by atoms with E-state index in [9.17, 15) is 9.50 Å². The van der Waals surface area contributed by atoms with Gasteiger partial charge in [-0.2, -0.15) is 0 Å². The summed E-state index contributed by atoms with van der Waals surface area (Å²) in [5, 5.41) is 10.8. The van der Waals surface area contributed by atoms with E-state index in [4.69, 9.17) is 0 Å². The highest BCUT2D eigenvalue weighted by molar-refractivity contribution is 5.85. The molecular weight excluding hydrogens is 263 g/mol. The molecule has 112 valence electrons. The summed E-state index contributed by atoms with van der Waals surface area (Å²) in [6.45, 7) is 2.26. The van der Waals surface area contributed by atoms with Crippen LogP contribution < -0.4 is 0 Å². The lowest BCUT2D eigenvalue weighted by atomic mass is 9.77. The fraction of sp³-hybridized carbons (Fsp3) is 0.474. The Balaban J connectivity index is 1.81. The molecule has 1 fully saturated rings. The summed E-state index contributed by atoms with van der Waals surface area (Å²) in [6.07, 6.45) is 7.78. The van der Waals surface area contributed by atoms with Gasteiger partial charge in [0.1, 0.15) is 0 Å². The van der Waals surface area contributed by atoms with Crippen molar-refractivity contribution in [3.63, 3.8) is 0 Å². The summed E-state index contributed by atoms with van der Waals surface area (Å²) >= 11 is 0. The molecule has 2 heteroatoms. The Morgan fingerprint density at radius 3 is 2.57 bits per heavy atom. The van der Waals surface area contributed by atoms with Gasteiger partial charge >= 0.3 is 0 Å². The largest absolute Gasteiger partial charge is 0.505 e. The maximum absolute atomic E-state index is 13.9. The van der Waals surface area contributed by atoms with E-state index in [1.807, 2.05) is 12.1 Å². The molecule has 0 radical (unpaired) electrons. The highest BCUT2D eigenvalue weighted by atomic mass is 19.1. The van der Waals surface area contributed by atoms with Crippen LogP contribution in [-0.4, -0.2) is 5.11 Å². The first-order chi connectivity index (χ1) is 10.2. The number of aromatic hydroxyl groups is 1. The minimum atomic E-state index is -0.509. The summed E-state index contributed by atoms with van der Waals surface area (Å²) in [7, 11) is 0. The van der Waals surface area contributed by atoms with Gasteiger partial charge in [-0.3, -0.25) is 0 Å². The minimum Gasteiger partial charge on any atom is -0.505 e. The number of fused-ring (bicyclic) bond motifs is 1. The Morgan fingerprint density at radius 2 is 1.86 bits per heavy atom. The molecule has 1 saturated carbocycles. The fourth-order valence-electron chi connectivity index (χ4n) is 3.75. The molecule has 0 bridgehead atoms. The lowest BCUT2D eigenvalue weighted by Crippen LogP contribution is -2.13. The van der Waals surface area contributed by atoms with Crippen LogP contribution in [0.4, 0.5) is 4.39 Å². The first kappa shape index (κ1) is 14.4. The molecule has 2 aromatic rings. The molecule has 3 rings (SSSR count). The Hall–Kier alpha value is -1.57. The first-order valence-corrected chi connectivity index (χ1v) is 8.10. The molecule has 1 nitrogen and oxygen atoms in total.